The Morgan fingerprint density at radius 1 is 1.27 bits per heavy atom. The molecular formula is C10H23BN2O2. The highest BCUT2D eigenvalue weighted by molar-refractivity contribution is 6.40. The predicted octanol–water partition coefficient (Wildman–Crippen LogP) is 0.0842. The summed E-state index contributed by atoms with van der Waals surface area (Å²) in [7, 11) is -1.17. The minimum atomic E-state index is -1.17. The molecule has 1 aliphatic rings. The molecule has 2 unspecified atom stereocenters. The van der Waals surface area contributed by atoms with E-state index in [0.717, 1.165) is 38.5 Å². The minimum Gasteiger partial charge on any atom is -0.427 e. The summed E-state index contributed by atoms with van der Waals surface area (Å²) in [5, 5.41) is 17.3. The third-order valence-electron chi connectivity index (χ3n) is 3.37. The molecule has 1 saturated carbocycles. The molecule has 0 aromatic carbocycles. The van der Waals surface area contributed by atoms with Gasteiger partial charge in [0.15, 0.2) is 0 Å². The van der Waals surface area contributed by atoms with E-state index in [4.69, 9.17) is 21.5 Å². The van der Waals surface area contributed by atoms with Crippen molar-refractivity contribution in [1.82, 2.24) is 0 Å². The SMILES string of the molecule is NC1CC[C@H](C(N)CCCCB(O)O)C1. The van der Waals surface area contributed by atoms with E-state index in [-0.39, 0.29) is 6.04 Å². The highest BCUT2D eigenvalue weighted by Gasteiger charge is 2.26. The van der Waals surface area contributed by atoms with E-state index >= 15 is 0 Å². The molecule has 1 fully saturated rings. The summed E-state index contributed by atoms with van der Waals surface area (Å²) >= 11 is 0. The van der Waals surface area contributed by atoms with Crippen molar-refractivity contribution in [2.24, 2.45) is 17.4 Å². The second-order valence-electron chi connectivity index (χ2n) is 4.76. The molecule has 0 aliphatic heterocycles. The Kier molecular flexibility index (Phi) is 5.60. The van der Waals surface area contributed by atoms with Crippen molar-refractivity contribution in [2.45, 2.75) is 56.9 Å². The van der Waals surface area contributed by atoms with Crippen molar-refractivity contribution in [3.05, 3.63) is 0 Å². The molecule has 0 spiro atoms. The van der Waals surface area contributed by atoms with Crippen LogP contribution in [0.25, 0.3) is 0 Å². The highest BCUT2D eigenvalue weighted by Crippen LogP contribution is 2.28. The van der Waals surface area contributed by atoms with Gasteiger partial charge in [-0.2, -0.15) is 0 Å². The Morgan fingerprint density at radius 2 is 2.00 bits per heavy atom. The van der Waals surface area contributed by atoms with Crippen LogP contribution in [0.2, 0.25) is 6.32 Å². The van der Waals surface area contributed by atoms with Gasteiger partial charge in [0.25, 0.3) is 0 Å². The fraction of sp³-hybridized carbons (Fsp3) is 1.00. The molecule has 0 bridgehead atoms. The summed E-state index contributed by atoms with van der Waals surface area (Å²) in [5.74, 6) is 0.582. The van der Waals surface area contributed by atoms with Crippen LogP contribution in [0, 0.1) is 5.92 Å². The molecule has 6 N–H and O–H groups in total. The summed E-state index contributed by atoms with van der Waals surface area (Å²) in [5.41, 5.74) is 11.9. The lowest BCUT2D eigenvalue weighted by Crippen LogP contribution is -2.29. The maximum absolute atomic E-state index is 8.67. The lowest BCUT2D eigenvalue weighted by molar-refractivity contribution is 0.383. The number of hydrogen-bond donors (Lipinski definition) is 4. The van der Waals surface area contributed by atoms with E-state index in [0.29, 0.717) is 18.3 Å². The lowest BCUT2D eigenvalue weighted by atomic mass is 9.82. The van der Waals surface area contributed by atoms with Gasteiger partial charge < -0.3 is 21.5 Å². The third-order valence-corrected chi connectivity index (χ3v) is 3.37. The van der Waals surface area contributed by atoms with Crippen molar-refractivity contribution in [1.29, 1.82) is 0 Å². The first-order valence-electron chi connectivity index (χ1n) is 5.97. The van der Waals surface area contributed by atoms with E-state index in [2.05, 4.69) is 0 Å². The normalized spacial score (nSPS) is 28.0. The van der Waals surface area contributed by atoms with Crippen LogP contribution in [0.4, 0.5) is 0 Å². The number of rotatable bonds is 6. The first kappa shape index (κ1) is 13.0. The smallest absolute Gasteiger partial charge is 0.427 e. The van der Waals surface area contributed by atoms with Crippen LogP contribution >= 0.6 is 0 Å². The molecule has 0 radical (unpaired) electrons. The second kappa shape index (κ2) is 6.48. The Balaban J connectivity index is 2.05. The van der Waals surface area contributed by atoms with Crippen LogP contribution in [0.15, 0.2) is 0 Å². The van der Waals surface area contributed by atoms with Gasteiger partial charge in [0.1, 0.15) is 0 Å². The minimum absolute atomic E-state index is 0.245. The Hall–Kier alpha value is -0.0951. The molecule has 3 atom stereocenters. The molecule has 4 nitrogen and oxygen atoms in total. The summed E-state index contributed by atoms with van der Waals surface area (Å²) in [6.45, 7) is 0. The Morgan fingerprint density at radius 3 is 2.53 bits per heavy atom. The van der Waals surface area contributed by atoms with Gasteiger partial charge >= 0.3 is 7.12 Å². The van der Waals surface area contributed by atoms with Crippen LogP contribution < -0.4 is 11.5 Å². The van der Waals surface area contributed by atoms with Crippen molar-refractivity contribution in [2.75, 3.05) is 0 Å². The largest absolute Gasteiger partial charge is 0.451 e. The molecule has 0 aromatic heterocycles. The fourth-order valence-electron chi connectivity index (χ4n) is 2.38. The molecule has 0 amide bonds. The predicted molar refractivity (Wildman–Crippen MR) is 62.1 cm³/mol. The molecule has 0 saturated heterocycles. The van der Waals surface area contributed by atoms with Gasteiger partial charge in [0.2, 0.25) is 0 Å². The van der Waals surface area contributed by atoms with Crippen LogP contribution in [0.3, 0.4) is 0 Å². The van der Waals surface area contributed by atoms with Crippen molar-refractivity contribution in [3.8, 4) is 0 Å². The zero-order valence-corrected chi connectivity index (χ0v) is 9.31. The van der Waals surface area contributed by atoms with E-state index in [1.165, 1.54) is 0 Å². The molecular weight excluding hydrogens is 191 g/mol. The standard InChI is InChI=1S/C10H23BN2O2/c12-9-5-4-8(7-9)10(13)3-1-2-6-11(14)15/h8-10,14-15H,1-7,12-13H2/t8-,9?,10?/m0/s1. The number of nitrogens with two attached hydrogens (primary N) is 2. The van der Waals surface area contributed by atoms with Gasteiger partial charge in [-0.3, -0.25) is 0 Å². The van der Waals surface area contributed by atoms with Gasteiger partial charge in [-0.1, -0.05) is 12.8 Å². The Bertz CT molecular complexity index is 181. The quantitative estimate of drug-likeness (QED) is 0.372. The first-order valence-corrected chi connectivity index (χ1v) is 5.97. The van der Waals surface area contributed by atoms with Gasteiger partial charge in [0, 0.05) is 12.1 Å². The number of unbranched alkanes of at least 4 members (excludes halogenated alkanes) is 1. The average Bonchev–Trinajstić information content (AvgIpc) is 2.59. The van der Waals surface area contributed by atoms with E-state index in [9.17, 15) is 0 Å². The third kappa shape index (κ3) is 4.97. The summed E-state index contributed by atoms with van der Waals surface area (Å²) < 4.78 is 0. The number of hydrogen-bond acceptors (Lipinski definition) is 4. The fourth-order valence-corrected chi connectivity index (χ4v) is 2.38. The summed E-state index contributed by atoms with van der Waals surface area (Å²) in [6, 6.07) is 0.592. The molecule has 88 valence electrons. The molecule has 1 aliphatic carbocycles. The molecule has 15 heavy (non-hydrogen) atoms. The van der Waals surface area contributed by atoms with Crippen molar-refractivity contribution < 1.29 is 10.0 Å². The molecule has 1 rings (SSSR count). The monoisotopic (exact) mass is 214 g/mol. The maximum atomic E-state index is 8.67. The van der Waals surface area contributed by atoms with Gasteiger partial charge in [0.05, 0.1) is 0 Å². The highest BCUT2D eigenvalue weighted by atomic mass is 16.4. The lowest BCUT2D eigenvalue weighted by Gasteiger charge is -2.18. The molecule has 0 heterocycles. The summed E-state index contributed by atoms with van der Waals surface area (Å²) in [4.78, 5) is 0. The first-order chi connectivity index (χ1) is 7.09. The topological polar surface area (TPSA) is 92.5 Å². The van der Waals surface area contributed by atoms with Crippen LogP contribution in [-0.2, 0) is 0 Å². The van der Waals surface area contributed by atoms with E-state index in [1.54, 1.807) is 0 Å². The zero-order chi connectivity index (χ0) is 11.3. The van der Waals surface area contributed by atoms with Crippen molar-refractivity contribution >= 4 is 7.12 Å². The summed E-state index contributed by atoms with van der Waals surface area (Å²) in [6.07, 6.45) is 6.57. The van der Waals surface area contributed by atoms with Gasteiger partial charge in [-0.15, -0.1) is 0 Å². The van der Waals surface area contributed by atoms with E-state index in [1.807, 2.05) is 0 Å². The van der Waals surface area contributed by atoms with Gasteiger partial charge in [-0.25, -0.2) is 0 Å². The Labute approximate surface area is 92.2 Å². The molecule has 0 aromatic rings. The van der Waals surface area contributed by atoms with Crippen molar-refractivity contribution in [3.63, 3.8) is 0 Å². The maximum Gasteiger partial charge on any atom is 0.451 e. The molecule has 5 heteroatoms. The zero-order valence-electron chi connectivity index (χ0n) is 9.31. The average molecular weight is 214 g/mol. The van der Waals surface area contributed by atoms with Crippen LogP contribution in [-0.4, -0.2) is 29.3 Å². The second-order valence-corrected chi connectivity index (χ2v) is 4.76. The van der Waals surface area contributed by atoms with Crippen LogP contribution in [0.1, 0.15) is 38.5 Å². The van der Waals surface area contributed by atoms with Crippen LogP contribution in [0.5, 0.6) is 0 Å². The van der Waals surface area contributed by atoms with Gasteiger partial charge in [-0.05, 0) is 37.9 Å². The van der Waals surface area contributed by atoms with E-state index < -0.39 is 7.12 Å².